The minimum absolute atomic E-state index is 0.122. The van der Waals surface area contributed by atoms with Crippen molar-refractivity contribution < 1.29 is 24.2 Å². The fraction of sp³-hybridized carbons (Fsp3) is 0.815. The van der Waals surface area contributed by atoms with Crippen LogP contribution in [0.2, 0.25) is 0 Å². The van der Waals surface area contributed by atoms with Crippen LogP contribution >= 0.6 is 0 Å². The summed E-state index contributed by atoms with van der Waals surface area (Å²) in [4.78, 5) is 35.5. The van der Waals surface area contributed by atoms with Gasteiger partial charge in [0.1, 0.15) is 5.60 Å². The summed E-state index contributed by atoms with van der Waals surface area (Å²) < 4.78 is 5.71. The molecule has 0 spiro atoms. The highest BCUT2D eigenvalue weighted by atomic mass is 16.5. The van der Waals surface area contributed by atoms with E-state index in [0.29, 0.717) is 32.5 Å². The second-order valence-corrected chi connectivity index (χ2v) is 10.1. The molecule has 2 amide bonds. The largest absolute Gasteiger partial charge is 0.390 e. The van der Waals surface area contributed by atoms with Gasteiger partial charge in [-0.2, -0.15) is 0 Å². The molecule has 0 aliphatic rings. The molecule has 0 aromatic carbocycles. The number of carbonyl (C=O) groups excluding carboxylic acids is 3. The minimum Gasteiger partial charge on any atom is -0.390 e. The molecule has 0 saturated heterocycles. The van der Waals surface area contributed by atoms with Crippen LogP contribution in [0.3, 0.4) is 0 Å². The molecular weight excluding hydrogens is 432 g/mol. The predicted octanol–water partition coefficient (Wildman–Crippen LogP) is 4.61. The number of ether oxygens (including phenoxy) is 1. The van der Waals surface area contributed by atoms with Crippen molar-refractivity contribution in [2.75, 3.05) is 19.7 Å². The molecule has 0 aromatic heterocycles. The number of Topliss-reactive ketones (excluding diaryl/α,β-unsaturated/α-hetero) is 1. The molecule has 198 valence electrons. The molecule has 0 saturated carbocycles. The van der Waals surface area contributed by atoms with Crippen molar-refractivity contribution in [2.45, 2.75) is 123 Å². The number of hydrogen-bond acceptors (Lipinski definition) is 5. The van der Waals surface area contributed by atoms with Crippen molar-refractivity contribution in [3.8, 4) is 0 Å². The lowest BCUT2D eigenvalue weighted by atomic mass is 9.97. The van der Waals surface area contributed by atoms with Gasteiger partial charge in [-0.15, -0.1) is 0 Å². The molecule has 0 aromatic rings. The quantitative estimate of drug-likeness (QED) is 0.133. The summed E-state index contributed by atoms with van der Waals surface area (Å²) in [5.74, 6) is -0.969. The van der Waals surface area contributed by atoms with E-state index < -0.39 is 23.0 Å². The van der Waals surface area contributed by atoms with Gasteiger partial charge < -0.3 is 20.5 Å². The van der Waals surface area contributed by atoms with Crippen molar-refractivity contribution in [3.63, 3.8) is 0 Å². The Labute approximate surface area is 207 Å². The number of nitrogens with one attached hydrogen (secondary N) is 2. The predicted molar refractivity (Wildman–Crippen MR) is 138 cm³/mol. The highest BCUT2D eigenvalue weighted by Gasteiger charge is 2.28. The fourth-order valence-electron chi connectivity index (χ4n) is 3.20. The monoisotopic (exact) mass is 482 g/mol. The van der Waals surface area contributed by atoms with Crippen molar-refractivity contribution >= 4 is 17.6 Å². The minimum atomic E-state index is -0.794. The van der Waals surface area contributed by atoms with Crippen LogP contribution in [0, 0.1) is 0 Å². The van der Waals surface area contributed by atoms with Gasteiger partial charge in [0, 0.05) is 19.5 Å². The summed E-state index contributed by atoms with van der Waals surface area (Å²) in [6.07, 6.45) is 15.2. The lowest BCUT2D eigenvalue weighted by molar-refractivity contribution is -0.142. The normalized spacial score (nSPS) is 12.2. The van der Waals surface area contributed by atoms with Crippen LogP contribution in [0.1, 0.15) is 112 Å². The van der Waals surface area contributed by atoms with Crippen LogP contribution in [0.25, 0.3) is 0 Å². The highest BCUT2D eigenvalue weighted by molar-refractivity contribution is 6.35. The van der Waals surface area contributed by atoms with Crippen molar-refractivity contribution in [1.29, 1.82) is 0 Å². The van der Waals surface area contributed by atoms with Gasteiger partial charge in [0.05, 0.1) is 12.2 Å². The van der Waals surface area contributed by atoms with Gasteiger partial charge in [-0.05, 0) is 79.1 Å². The zero-order valence-electron chi connectivity index (χ0n) is 22.3. The highest BCUT2D eigenvalue weighted by Crippen LogP contribution is 2.18. The lowest BCUT2D eigenvalue weighted by Crippen LogP contribution is -2.40. The number of amides is 2. The molecule has 0 bridgehead atoms. The summed E-state index contributed by atoms with van der Waals surface area (Å²) in [5.41, 5.74) is -1.57. The van der Waals surface area contributed by atoms with Crippen LogP contribution < -0.4 is 10.6 Å². The molecule has 3 N–H and O–H groups in total. The topological polar surface area (TPSA) is 105 Å². The van der Waals surface area contributed by atoms with Crippen LogP contribution in [0.15, 0.2) is 12.2 Å². The molecular formula is C27H50N2O5. The Morgan fingerprint density at radius 3 is 1.88 bits per heavy atom. The Hall–Kier alpha value is -1.73. The Balaban J connectivity index is 3.64. The van der Waals surface area contributed by atoms with Crippen LogP contribution in [0.5, 0.6) is 0 Å². The molecule has 0 aliphatic heterocycles. The molecule has 0 heterocycles. The third-order valence-electron chi connectivity index (χ3n) is 5.64. The van der Waals surface area contributed by atoms with Gasteiger partial charge in [0.2, 0.25) is 0 Å². The average Bonchev–Trinajstić information content (AvgIpc) is 2.75. The molecule has 0 aliphatic carbocycles. The van der Waals surface area contributed by atoms with Crippen LogP contribution in [-0.2, 0) is 19.1 Å². The number of rotatable bonds is 20. The first-order chi connectivity index (χ1) is 16.0. The standard InChI is InChI=1S/C27H50N2O5/c1-6-7-20-28-24(31)25(32)29-21-17-15-13-11-9-8-10-12-14-16-18-23(30)27(4,5)34-22-19-26(2,3)33/h9,11,33H,6-8,10,12-22H2,1-5H3,(H,28,31)(H,29,32). The zero-order chi connectivity index (χ0) is 25.9. The van der Waals surface area contributed by atoms with E-state index in [-0.39, 0.29) is 5.78 Å². The molecule has 0 unspecified atom stereocenters. The van der Waals surface area contributed by atoms with Gasteiger partial charge in [-0.25, -0.2) is 0 Å². The van der Waals surface area contributed by atoms with Gasteiger partial charge in [0.25, 0.3) is 0 Å². The summed E-state index contributed by atoms with van der Waals surface area (Å²) in [6.45, 7) is 10.6. The smallest absolute Gasteiger partial charge is 0.309 e. The number of carbonyl (C=O) groups is 3. The maximum absolute atomic E-state index is 12.4. The molecule has 7 heteroatoms. The summed E-state index contributed by atoms with van der Waals surface area (Å²) in [7, 11) is 0. The van der Waals surface area contributed by atoms with Crippen LogP contribution in [-0.4, -0.2) is 53.6 Å². The van der Waals surface area contributed by atoms with Crippen molar-refractivity contribution in [1.82, 2.24) is 10.6 Å². The Kier molecular flexibility index (Phi) is 17.6. The van der Waals surface area contributed by atoms with Crippen LogP contribution in [0.4, 0.5) is 0 Å². The van der Waals surface area contributed by atoms with E-state index in [2.05, 4.69) is 22.8 Å². The van der Waals surface area contributed by atoms with E-state index in [1.807, 2.05) is 20.8 Å². The Bertz CT molecular complexity index is 609. The van der Waals surface area contributed by atoms with E-state index in [0.717, 1.165) is 64.2 Å². The second kappa shape index (κ2) is 18.6. The maximum atomic E-state index is 12.4. The van der Waals surface area contributed by atoms with E-state index in [9.17, 15) is 19.5 Å². The van der Waals surface area contributed by atoms with E-state index >= 15 is 0 Å². The second-order valence-electron chi connectivity index (χ2n) is 10.1. The Morgan fingerprint density at radius 2 is 1.32 bits per heavy atom. The third kappa shape index (κ3) is 18.7. The first-order valence-corrected chi connectivity index (χ1v) is 13.1. The number of hydrogen-bond donors (Lipinski definition) is 3. The average molecular weight is 483 g/mol. The Morgan fingerprint density at radius 1 is 0.794 bits per heavy atom. The summed E-state index contributed by atoms with van der Waals surface area (Å²) >= 11 is 0. The number of ketones is 1. The molecule has 0 atom stereocenters. The van der Waals surface area contributed by atoms with Gasteiger partial charge in [-0.3, -0.25) is 14.4 Å². The molecule has 0 fully saturated rings. The third-order valence-corrected chi connectivity index (χ3v) is 5.64. The first-order valence-electron chi connectivity index (χ1n) is 13.1. The lowest BCUT2D eigenvalue weighted by Gasteiger charge is -2.26. The van der Waals surface area contributed by atoms with Crippen molar-refractivity contribution in [3.05, 3.63) is 12.2 Å². The van der Waals surface area contributed by atoms with Crippen molar-refractivity contribution in [2.24, 2.45) is 0 Å². The summed E-state index contributed by atoms with van der Waals surface area (Å²) in [5, 5.41) is 15.0. The maximum Gasteiger partial charge on any atom is 0.309 e. The number of allylic oxidation sites excluding steroid dienone is 2. The van der Waals surface area contributed by atoms with E-state index in [4.69, 9.17) is 4.74 Å². The molecule has 7 nitrogen and oxygen atoms in total. The molecule has 34 heavy (non-hydrogen) atoms. The number of aliphatic hydroxyl groups is 1. The fourth-order valence-corrected chi connectivity index (χ4v) is 3.20. The van der Waals surface area contributed by atoms with E-state index in [1.165, 1.54) is 0 Å². The van der Waals surface area contributed by atoms with Gasteiger partial charge >= 0.3 is 11.8 Å². The van der Waals surface area contributed by atoms with E-state index in [1.54, 1.807) is 13.8 Å². The van der Waals surface area contributed by atoms with Gasteiger partial charge in [0.15, 0.2) is 5.78 Å². The van der Waals surface area contributed by atoms with Gasteiger partial charge in [-0.1, -0.05) is 38.3 Å². The summed E-state index contributed by atoms with van der Waals surface area (Å²) in [6, 6.07) is 0. The first kappa shape index (κ1) is 32.3. The molecule has 0 radical (unpaired) electrons. The number of unbranched alkanes of at least 4 members (excludes halogenated alkanes) is 7. The molecule has 0 rings (SSSR count). The SMILES string of the molecule is CCCCNC(=O)C(=O)NCCCCC=CCCCCCCC(=O)C(C)(C)OCCC(C)(C)O. The zero-order valence-corrected chi connectivity index (χ0v) is 22.3.